The quantitative estimate of drug-likeness (QED) is 0.0280. The van der Waals surface area contributed by atoms with Crippen LogP contribution in [0.25, 0.3) is 0 Å². The van der Waals surface area contributed by atoms with Crippen molar-refractivity contribution < 1.29 is 28.6 Å². The maximum atomic E-state index is 13.4. The Morgan fingerprint density at radius 2 is 0.551 bits per heavy atom. The number of allylic oxidation sites excluding steroid dienone is 3. The SMILES string of the molecule is CCCCCCCCCCCCCC/C=C/CCOC(=O)c1ccc(C(=O)OCC/C=C/CCCCCCCCCCCCCC)c(C(=O)OCC/C=C/CCCCCCCCCCCCCC)c1. The third-order valence-electron chi connectivity index (χ3n) is 13.4. The molecule has 0 bridgehead atoms. The topological polar surface area (TPSA) is 78.9 Å². The van der Waals surface area contributed by atoms with Gasteiger partial charge in [-0.2, -0.15) is 0 Å². The van der Waals surface area contributed by atoms with Gasteiger partial charge in [-0.15, -0.1) is 0 Å². The smallest absolute Gasteiger partial charge is 0.339 e. The molecule has 69 heavy (non-hydrogen) atoms. The van der Waals surface area contributed by atoms with Crippen molar-refractivity contribution in [3.63, 3.8) is 0 Å². The van der Waals surface area contributed by atoms with Crippen molar-refractivity contribution in [1.82, 2.24) is 0 Å². The summed E-state index contributed by atoms with van der Waals surface area (Å²) in [6.07, 6.45) is 65.9. The van der Waals surface area contributed by atoms with E-state index in [0.29, 0.717) is 19.3 Å². The Bertz CT molecular complexity index is 1410. The number of unbranched alkanes of at least 4 members (excludes halogenated alkanes) is 36. The monoisotopic (exact) mass is 961 g/mol. The summed E-state index contributed by atoms with van der Waals surface area (Å²) >= 11 is 0. The maximum Gasteiger partial charge on any atom is 0.339 e. The Morgan fingerprint density at radius 1 is 0.304 bits per heavy atom. The van der Waals surface area contributed by atoms with E-state index >= 15 is 0 Å². The average Bonchev–Trinajstić information content (AvgIpc) is 3.36. The van der Waals surface area contributed by atoms with E-state index in [0.717, 1.165) is 19.3 Å². The predicted molar refractivity (Wildman–Crippen MR) is 296 cm³/mol. The first-order chi connectivity index (χ1) is 34.0. The number of carbonyl (C=O) groups excluding carboxylic acids is 3. The highest BCUT2D eigenvalue weighted by Gasteiger charge is 2.22. The Morgan fingerprint density at radius 3 is 0.855 bits per heavy atom. The van der Waals surface area contributed by atoms with Gasteiger partial charge in [0.1, 0.15) is 0 Å². The highest BCUT2D eigenvalue weighted by molar-refractivity contribution is 6.05. The van der Waals surface area contributed by atoms with Gasteiger partial charge in [-0.3, -0.25) is 0 Å². The molecule has 0 fully saturated rings. The van der Waals surface area contributed by atoms with Crippen LogP contribution >= 0.6 is 0 Å². The van der Waals surface area contributed by atoms with Crippen LogP contribution in [0.2, 0.25) is 0 Å². The van der Waals surface area contributed by atoms with Crippen LogP contribution in [-0.4, -0.2) is 37.7 Å². The van der Waals surface area contributed by atoms with Crippen LogP contribution < -0.4 is 0 Å². The first-order valence-corrected chi connectivity index (χ1v) is 29.6. The van der Waals surface area contributed by atoms with Crippen LogP contribution in [0.4, 0.5) is 0 Å². The van der Waals surface area contributed by atoms with Gasteiger partial charge in [-0.25, -0.2) is 14.4 Å². The second kappa shape index (κ2) is 51.2. The van der Waals surface area contributed by atoms with Crippen molar-refractivity contribution in [2.24, 2.45) is 0 Å². The molecule has 0 amide bonds. The molecule has 1 rings (SSSR count). The maximum absolute atomic E-state index is 13.4. The first-order valence-electron chi connectivity index (χ1n) is 29.6. The average molecular weight is 962 g/mol. The van der Waals surface area contributed by atoms with E-state index in [2.05, 4.69) is 57.2 Å². The summed E-state index contributed by atoms with van der Waals surface area (Å²) in [6, 6.07) is 4.44. The summed E-state index contributed by atoms with van der Waals surface area (Å²) in [5.41, 5.74) is 0.335. The number of benzene rings is 1. The molecule has 0 saturated heterocycles. The molecule has 0 aliphatic carbocycles. The summed E-state index contributed by atoms with van der Waals surface area (Å²) in [7, 11) is 0. The molecular weight excluding hydrogens is 853 g/mol. The molecule has 0 aliphatic rings. The van der Waals surface area contributed by atoms with Crippen molar-refractivity contribution >= 4 is 17.9 Å². The zero-order valence-electron chi connectivity index (χ0n) is 45.5. The zero-order valence-corrected chi connectivity index (χ0v) is 45.5. The first kappa shape index (κ1) is 63.9. The molecule has 396 valence electrons. The number of hydrogen-bond donors (Lipinski definition) is 0. The minimum absolute atomic E-state index is 0.0275. The Labute approximate surface area is 426 Å². The number of carbonyl (C=O) groups is 3. The molecule has 0 saturated carbocycles. The lowest BCUT2D eigenvalue weighted by Gasteiger charge is -2.11. The van der Waals surface area contributed by atoms with Gasteiger partial charge in [0.2, 0.25) is 0 Å². The molecule has 0 unspecified atom stereocenters. The van der Waals surface area contributed by atoms with Crippen LogP contribution in [0, 0.1) is 0 Å². The van der Waals surface area contributed by atoms with E-state index < -0.39 is 17.9 Å². The molecule has 0 atom stereocenters. The van der Waals surface area contributed by atoms with Gasteiger partial charge in [0.15, 0.2) is 0 Å². The lowest BCUT2D eigenvalue weighted by Crippen LogP contribution is -2.17. The van der Waals surface area contributed by atoms with Crippen LogP contribution in [0.5, 0.6) is 0 Å². The standard InChI is InChI=1S/C63H108O6/c1-4-7-10-13-16-19-22-25-28-31-34-37-40-43-46-49-54-67-61(64)58-52-53-59(62(65)68-55-50-47-44-41-38-35-32-29-26-23-20-17-14-11-8-5-2)60(57-58)63(66)69-56-51-48-45-42-39-36-33-30-27-24-21-18-15-12-9-6-3/h43-48,52-53,57H,4-42,49-51,54-56H2,1-3H3/b46-43+,47-44+,48-45+. The lowest BCUT2D eigenvalue weighted by molar-refractivity contribution is 0.0461. The highest BCUT2D eigenvalue weighted by atomic mass is 16.5. The van der Waals surface area contributed by atoms with Gasteiger partial charge < -0.3 is 14.2 Å². The van der Waals surface area contributed by atoms with Crippen LogP contribution in [0.15, 0.2) is 54.7 Å². The van der Waals surface area contributed by atoms with Crippen molar-refractivity contribution in [1.29, 1.82) is 0 Å². The molecular formula is C63H108O6. The fraction of sp³-hybridized carbons (Fsp3) is 0.762. The van der Waals surface area contributed by atoms with Crippen molar-refractivity contribution in [3.05, 3.63) is 71.3 Å². The zero-order chi connectivity index (χ0) is 49.8. The number of ether oxygens (including phenoxy) is 3. The molecule has 1 aromatic rings. The second-order valence-corrected chi connectivity index (χ2v) is 20.0. The van der Waals surface area contributed by atoms with Gasteiger partial charge in [0, 0.05) is 0 Å². The fourth-order valence-electron chi connectivity index (χ4n) is 8.93. The van der Waals surface area contributed by atoms with Crippen molar-refractivity contribution in [3.8, 4) is 0 Å². The van der Waals surface area contributed by atoms with E-state index in [1.807, 2.05) is 0 Å². The molecule has 0 spiro atoms. The van der Waals surface area contributed by atoms with Crippen LogP contribution in [-0.2, 0) is 14.2 Å². The summed E-state index contributed by atoms with van der Waals surface area (Å²) in [4.78, 5) is 39.8. The van der Waals surface area contributed by atoms with Gasteiger partial charge in [-0.1, -0.05) is 269 Å². The third kappa shape index (κ3) is 41.2. The number of hydrogen-bond acceptors (Lipinski definition) is 6. The number of esters is 3. The minimum Gasteiger partial charge on any atom is -0.462 e. The summed E-state index contributed by atoms with van der Waals surface area (Å²) in [5, 5.41) is 0. The second-order valence-electron chi connectivity index (χ2n) is 20.0. The van der Waals surface area contributed by atoms with E-state index in [1.54, 1.807) is 0 Å². The van der Waals surface area contributed by atoms with Crippen molar-refractivity contribution in [2.45, 2.75) is 290 Å². The summed E-state index contributed by atoms with van der Waals surface area (Å²) in [5.74, 6) is -1.77. The molecule has 1 aromatic carbocycles. The molecule has 6 nitrogen and oxygen atoms in total. The van der Waals surface area contributed by atoms with E-state index in [9.17, 15) is 14.4 Å². The summed E-state index contributed by atoms with van der Waals surface area (Å²) in [6.45, 7) is 7.46. The lowest BCUT2D eigenvalue weighted by atomic mass is 10.0. The summed E-state index contributed by atoms with van der Waals surface area (Å²) < 4.78 is 16.8. The van der Waals surface area contributed by atoms with Gasteiger partial charge in [-0.05, 0) is 76.0 Å². The molecule has 6 heteroatoms. The van der Waals surface area contributed by atoms with Crippen molar-refractivity contribution in [2.75, 3.05) is 19.8 Å². The van der Waals surface area contributed by atoms with E-state index in [4.69, 9.17) is 14.2 Å². The Balaban J connectivity index is 2.51. The van der Waals surface area contributed by atoms with E-state index in [-0.39, 0.29) is 36.5 Å². The Kier molecular flexibility index (Phi) is 47.4. The highest BCUT2D eigenvalue weighted by Crippen LogP contribution is 2.19. The third-order valence-corrected chi connectivity index (χ3v) is 13.4. The van der Waals surface area contributed by atoms with Gasteiger partial charge in [0.25, 0.3) is 0 Å². The fourth-order valence-corrected chi connectivity index (χ4v) is 8.93. The normalized spacial score (nSPS) is 11.7. The molecule has 0 radical (unpaired) electrons. The molecule has 0 aliphatic heterocycles. The van der Waals surface area contributed by atoms with Crippen LogP contribution in [0.3, 0.4) is 0 Å². The predicted octanol–water partition coefficient (Wildman–Crippen LogP) is 20.3. The Hall–Kier alpha value is -3.15. The van der Waals surface area contributed by atoms with E-state index in [1.165, 1.54) is 249 Å². The minimum atomic E-state index is -0.644. The number of rotatable bonds is 51. The molecule has 0 aromatic heterocycles. The van der Waals surface area contributed by atoms with Gasteiger partial charge in [0.05, 0.1) is 36.5 Å². The molecule has 0 heterocycles. The largest absolute Gasteiger partial charge is 0.462 e. The van der Waals surface area contributed by atoms with Gasteiger partial charge >= 0.3 is 17.9 Å². The van der Waals surface area contributed by atoms with Crippen LogP contribution in [0.1, 0.15) is 322 Å². The molecule has 0 N–H and O–H groups in total.